The molecule has 0 saturated carbocycles. The van der Waals surface area contributed by atoms with Crippen LogP contribution in [0.1, 0.15) is 17.3 Å². The largest absolute Gasteiger partial charge is 0.463 e. The first-order valence-corrected chi connectivity index (χ1v) is 8.21. The first kappa shape index (κ1) is 21.3. The summed E-state index contributed by atoms with van der Waals surface area (Å²) in [5, 5.41) is 7.96. The second-order valence-corrected chi connectivity index (χ2v) is 5.26. The average molecular weight is 379 g/mol. The van der Waals surface area contributed by atoms with Crippen molar-refractivity contribution >= 4 is 40.8 Å². The molecular formula is C17H21N3O5S. The SMILES string of the molecule is CCOC(=O)/C=C/C(=O)NC(=S)Nc1ccc(C(=O)NCCOC)cc1. The molecule has 0 atom stereocenters. The molecule has 140 valence electrons. The first-order chi connectivity index (χ1) is 12.5. The minimum atomic E-state index is -0.610. The molecule has 0 unspecified atom stereocenters. The van der Waals surface area contributed by atoms with E-state index in [9.17, 15) is 14.4 Å². The summed E-state index contributed by atoms with van der Waals surface area (Å²) in [4.78, 5) is 34.6. The van der Waals surface area contributed by atoms with Crippen LogP contribution in [0.15, 0.2) is 36.4 Å². The zero-order valence-electron chi connectivity index (χ0n) is 14.5. The van der Waals surface area contributed by atoms with Crippen molar-refractivity contribution < 1.29 is 23.9 Å². The zero-order chi connectivity index (χ0) is 19.4. The van der Waals surface area contributed by atoms with Crippen molar-refractivity contribution in [3.05, 3.63) is 42.0 Å². The van der Waals surface area contributed by atoms with Gasteiger partial charge in [0.2, 0.25) is 5.91 Å². The summed E-state index contributed by atoms with van der Waals surface area (Å²) in [5.74, 6) is -1.39. The molecule has 26 heavy (non-hydrogen) atoms. The monoisotopic (exact) mass is 379 g/mol. The van der Waals surface area contributed by atoms with Crippen LogP contribution in [0.3, 0.4) is 0 Å². The summed E-state index contributed by atoms with van der Waals surface area (Å²) in [6.45, 7) is 2.75. The van der Waals surface area contributed by atoms with E-state index in [-0.39, 0.29) is 17.6 Å². The summed E-state index contributed by atoms with van der Waals surface area (Å²) in [6, 6.07) is 6.54. The van der Waals surface area contributed by atoms with Gasteiger partial charge in [0.15, 0.2) is 5.11 Å². The normalized spacial score (nSPS) is 10.2. The molecule has 9 heteroatoms. The average Bonchev–Trinajstić information content (AvgIpc) is 2.61. The predicted molar refractivity (Wildman–Crippen MR) is 101 cm³/mol. The van der Waals surface area contributed by atoms with E-state index in [2.05, 4.69) is 20.7 Å². The number of anilines is 1. The van der Waals surface area contributed by atoms with E-state index in [1.54, 1.807) is 38.3 Å². The smallest absolute Gasteiger partial charge is 0.330 e. The number of rotatable bonds is 8. The van der Waals surface area contributed by atoms with Crippen LogP contribution >= 0.6 is 12.2 Å². The molecule has 2 amide bonds. The lowest BCUT2D eigenvalue weighted by atomic mass is 10.2. The van der Waals surface area contributed by atoms with Gasteiger partial charge in [0.1, 0.15) is 0 Å². The molecule has 0 bridgehead atoms. The molecule has 0 aliphatic heterocycles. The standard InChI is InChI=1S/C17H21N3O5S/c1-3-25-15(22)9-8-14(21)20-17(26)19-13-6-4-12(5-7-13)16(23)18-10-11-24-2/h4-9H,3,10-11H2,1-2H3,(H,18,23)(H2,19,20,21,26)/b9-8+. The van der Waals surface area contributed by atoms with Crippen molar-refractivity contribution in [1.82, 2.24) is 10.6 Å². The summed E-state index contributed by atoms with van der Waals surface area (Å²) in [5.41, 5.74) is 1.08. The van der Waals surface area contributed by atoms with Crippen molar-refractivity contribution in [2.45, 2.75) is 6.92 Å². The number of carbonyl (C=O) groups excluding carboxylic acids is 3. The van der Waals surface area contributed by atoms with Crippen LogP contribution in [0.5, 0.6) is 0 Å². The van der Waals surface area contributed by atoms with E-state index in [1.807, 2.05) is 0 Å². The van der Waals surface area contributed by atoms with E-state index in [0.717, 1.165) is 12.2 Å². The van der Waals surface area contributed by atoms with Crippen LogP contribution in [-0.2, 0) is 19.1 Å². The Kier molecular flexibility index (Phi) is 9.58. The number of benzene rings is 1. The van der Waals surface area contributed by atoms with Gasteiger partial charge < -0.3 is 20.1 Å². The fourth-order valence-corrected chi connectivity index (χ4v) is 1.94. The Labute approximate surface area is 156 Å². The van der Waals surface area contributed by atoms with Gasteiger partial charge in [-0.05, 0) is 43.4 Å². The number of hydrogen-bond acceptors (Lipinski definition) is 6. The molecule has 1 rings (SSSR count). The minimum absolute atomic E-state index is 0.0563. The molecule has 0 aromatic heterocycles. The first-order valence-electron chi connectivity index (χ1n) is 7.80. The number of nitrogens with one attached hydrogen (secondary N) is 3. The van der Waals surface area contributed by atoms with Gasteiger partial charge in [-0.1, -0.05) is 0 Å². The Morgan fingerprint density at radius 3 is 2.46 bits per heavy atom. The molecule has 0 spiro atoms. The quantitative estimate of drug-likeness (QED) is 0.268. The van der Waals surface area contributed by atoms with Gasteiger partial charge in [-0.2, -0.15) is 0 Å². The van der Waals surface area contributed by atoms with Crippen LogP contribution in [0.2, 0.25) is 0 Å². The fraction of sp³-hybridized carbons (Fsp3) is 0.294. The molecule has 1 aromatic carbocycles. The van der Waals surface area contributed by atoms with E-state index in [0.29, 0.717) is 24.4 Å². The summed E-state index contributed by atoms with van der Waals surface area (Å²) in [7, 11) is 1.56. The number of esters is 1. The molecule has 0 heterocycles. The van der Waals surface area contributed by atoms with Gasteiger partial charge in [0.25, 0.3) is 5.91 Å². The maximum Gasteiger partial charge on any atom is 0.330 e. The Hall–Kier alpha value is -2.78. The molecular weight excluding hydrogens is 358 g/mol. The summed E-state index contributed by atoms with van der Waals surface area (Å²) in [6.07, 6.45) is 2.04. The maximum atomic E-state index is 11.9. The van der Waals surface area contributed by atoms with Gasteiger partial charge in [0.05, 0.1) is 13.2 Å². The van der Waals surface area contributed by atoms with E-state index < -0.39 is 11.9 Å². The highest BCUT2D eigenvalue weighted by molar-refractivity contribution is 7.80. The number of hydrogen-bond donors (Lipinski definition) is 3. The highest BCUT2D eigenvalue weighted by Gasteiger charge is 2.06. The summed E-state index contributed by atoms with van der Waals surface area (Å²) >= 11 is 5.01. The third-order valence-corrected chi connectivity index (χ3v) is 3.09. The Bertz CT molecular complexity index is 673. The molecule has 0 saturated heterocycles. The van der Waals surface area contributed by atoms with Crippen LogP contribution < -0.4 is 16.0 Å². The molecule has 0 aliphatic rings. The lowest BCUT2D eigenvalue weighted by Gasteiger charge is -2.09. The topological polar surface area (TPSA) is 106 Å². The minimum Gasteiger partial charge on any atom is -0.463 e. The molecule has 0 radical (unpaired) electrons. The van der Waals surface area contributed by atoms with Gasteiger partial charge >= 0.3 is 5.97 Å². The van der Waals surface area contributed by atoms with Crippen molar-refractivity contribution in [3.63, 3.8) is 0 Å². The third-order valence-electron chi connectivity index (χ3n) is 2.89. The second kappa shape index (κ2) is 11.7. The Morgan fingerprint density at radius 2 is 1.85 bits per heavy atom. The van der Waals surface area contributed by atoms with E-state index >= 15 is 0 Å². The van der Waals surface area contributed by atoms with Gasteiger partial charge in [0, 0.05) is 37.1 Å². The number of amides is 2. The third kappa shape index (κ3) is 8.36. The number of thiocarbonyl (C=S) groups is 1. The maximum absolute atomic E-state index is 11.9. The number of ether oxygens (including phenoxy) is 2. The van der Waals surface area contributed by atoms with E-state index in [1.165, 1.54) is 0 Å². The van der Waals surface area contributed by atoms with Crippen LogP contribution in [0.4, 0.5) is 5.69 Å². The highest BCUT2D eigenvalue weighted by atomic mass is 32.1. The van der Waals surface area contributed by atoms with Crippen LogP contribution in [0, 0.1) is 0 Å². The van der Waals surface area contributed by atoms with Gasteiger partial charge in [-0.15, -0.1) is 0 Å². The molecule has 3 N–H and O–H groups in total. The van der Waals surface area contributed by atoms with Gasteiger partial charge in [-0.3, -0.25) is 14.9 Å². The lowest BCUT2D eigenvalue weighted by Crippen LogP contribution is -2.33. The van der Waals surface area contributed by atoms with Crippen LogP contribution in [-0.4, -0.2) is 49.8 Å². The van der Waals surface area contributed by atoms with Gasteiger partial charge in [-0.25, -0.2) is 4.79 Å². The molecule has 0 aliphatic carbocycles. The Morgan fingerprint density at radius 1 is 1.15 bits per heavy atom. The van der Waals surface area contributed by atoms with Crippen molar-refractivity contribution in [1.29, 1.82) is 0 Å². The molecule has 0 fully saturated rings. The molecule has 8 nitrogen and oxygen atoms in total. The second-order valence-electron chi connectivity index (χ2n) is 4.85. The van der Waals surface area contributed by atoms with Crippen LogP contribution in [0.25, 0.3) is 0 Å². The predicted octanol–water partition coefficient (Wildman–Crippen LogP) is 0.995. The Balaban J connectivity index is 2.48. The van der Waals surface area contributed by atoms with Crippen molar-refractivity contribution in [2.75, 3.05) is 32.2 Å². The fourth-order valence-electron chi connectivity index (χ4n) is 1.72. The number of carbonyl (C=O) groups is 3. The highest BCUT2D eigenvalue weighted by Crippen LogP contribution is 2.09. The zero-order valence-corrected chi connectivity index (χ0v) is 15.4. The van der Waals surface area contributed by atoms with Crippen molar-refractivity contribution in [3.8, 4) is 0 Å². The lowest BCUT2D eigenvalue weighted by molar-refractivity contribution is -0.137. The van der Waals surface area contributed by atoms with E-state index in [4.69, 9.17) is 17.0 Å². The molecule has 1 aromatic rings. The van der Waals surface area contributed by atoms with Crippen molar-refractivity contribution in [2.24, 2.45) is 0 Å². The summed E-state index contributed by atoms with van der Waals surface area (Å²) < 4.78 is 9.52. The number of methoxy groups -OCH3 is 1.